The molecule has 130 valence electrons. The molecule has 4 atom stereocenters. The molecule has 1 fully saturated rings. The quantitative estimate of drug-likeness (QED) is 0.399. The van der Waals surface area contributed by atoms with E-state index in [0.29, 0.717) is 10.9 Å². The van der Waals surface area contributed by atoms with Crippen LogP contribution in [0, 0.1) is 0 Å². The van der Waals surface area contributed by atoms with Crippen LogP contribution < -0.4 is 9.72 Å². The summed E-state index contributed by atoms with van der Waals surface area (Å²) in [4.78, 5) is 16.4. The molecule has 9 nitrogen and oxygen atoms in total. The molecule has 24 heavy (non-hydrogen) atoms. The van der Waals surface area contributed by atoms with Gasteiger partial charge in [-0.15, -0.1) is 5.52 Å². The summed E-state index contributed by atoms with van der Waals surface area (Å²) in [5, 5.41) is 48.2. The van der Waals surface area contributed by atoms with Crippen molar-refractivity contribution in [2.45, 2.75) is 30.7 Å². The van der Waals surface area contributed by atoms with Crippen molar-refractivity contribution in [3.63, 3.8) is 0 Å². The molecule has 2 heterocycles. The van der Waals surface area contributed by atoms with Crippen LogP contribution in [0.5, 0.6) is 5.75 Å². The Morgan fingerprint density at radius 3 is 2.62 bits per heavy atom. The van der Waals surface area contributed by atoms with Crippen molar-refractivity contribution < 1.29 is 39.8 Å². The highest BCUT2D eigenvalue weighted by molar-refractivity contribution is 5.91. The lowest BCUT2D eigenvalue weighted by Crippen LogP contribution is -2.46. The maximum absolute atomic E-state index is 12.3. The average molecular weight is 338 g/mol. The van der Waals surface area contributed by atoms with Gasteiger partial charge in [-0.1, -0.05) is 30.0 Å². The van der Waals surface area contributed by atoms with Gasteiger partial charge in [0.1, 0.15) is 18.0 Å². The maximum atomic E-state index is 12.3. The monoisotopic (exact) mass is 338 g/mol. The van der Waals surface area contributed by atoms with Gasteiger partial charge in [-0.3, -0.25) is 0 Å². The number of fused-ring (bicyclic) bond motifs is 1. The molecule has 2 aromatic rings. The van der Waals surface area contributed by atoms with Crippen molar-refractivity contribution in [2.75, 3.05) is 6.61 Å². The Morgan fingerprint density at radius 2 is 2.00 bits per heavy atom. The van der Waals surface area contributed by atoms with Crippen molar-refractivity contribution in [1.82, 2.24) is 4.98 Å². The number of aromatic nitrogens is 1. The average Bonchev–Trinajstić information content (AvgIpc) is 3.06. The second kappa shape index (κ2) is 6.13. The van der Waals surface area contributed by atoms with E-state index in [1.165, 1.54) is 0 Å². The van der Waals surface area contributed by atoms with Gasteiger partial charge in [0.15, 0.2) is 6.10 Å². The van der Waals surface area contributed by atoms with Gasteiger partial charge in [-0.05, 0) is 0 Å². The normalized spacial score (nSPS) is 30.0. The van der Waals surface area contributed by atoms with E-state index in [1.54, 1.807) is 24.3 Å². The number of hydrogen-bond acceptors (Lipinski definition) is 8. The molecule has 3 rings (SSSR count). The number of aliphatic hydroxyl groups is 5. The van der Waals surface area contributed by atoms with E-state index in [-0.39, 0.29) is 11.4 Å². The Morgan fingerprint density at radius 1 is 1.29 bits per heavy atom. The molecule has 0 radical (unpaired) electrons. The summed E-state index contributed by atoms with van der Waals surface area (Å²) in [6, 6.07) is 6.72. The van der Waals surface area contributed by atoms with Gasteiger partial charge < -0.3 is 40.0 Å². The van der Waals surface area contributed by atoms with Crippen LogP contribution in [0.3, 0.4) is 0 Å². The van der Waals surface area contributed by atoms with Crippen LogP contribution >= 0.6 is 0 Å². The Balaban J connectivity index is 1.88. The summed E-state index contributed by atoms with van der Waals surface area (Å²) in [5.41, 5.74) is 0.624. The van der Waals surface area contributed by atoms with E-state index < -0.39 is 43.3 Å². The number of carbonyl (C=O) groups is 1. The molecule has 1 aliphatic rings. The fourth-order valence-corrected chi connectivity index (χ4v) is 2.60. The predicted octanol–water partition coefficient (Wildman–Crippen LogP) is -2.00. The number of carbonyl (C=O) groups excluding carboxylic acids is 1. The molecule has 5 N–H and O–H groups in total. The highest BCUT2D eigenvalue weighted by Gasteiger charge is 2.56. The van der Waals surface area contributed by atoms with E-state index in [1.807, 2.05) is 0 Å². The van der Waals surface area contributed by atoms with Gasteiger partial charge in [0.2, 0.25) is 5.79 Å². The van der Waals surface area contributed by atoms with E-state index in [0.717, 1.165) is 0 Å². The third-order valence-corrected chi connectivity index (χ3v) is 3.90. The Kier molecular flexibility index (Phi) is 4.30. The summed E-state index contributed by atoms with van der Waals surface area (Å²) in [6.07, 6.45) is -5.38. The Bertz CT molecular complexity index is 759. The first-order valence-electron chi connectivity index (χ1n) is 7.15. The molecule has 0 saturated carbocycles. The summed E-state index contributed by atoms with van der Waals surface area (Å²) < 4.78 is 10.0. The van der Waals surface area contributed by atoms with Crippen molar-refractivity contribution in [3.8, 4) is 5.75 Å². The lowest BCUT2D eigenvalue weighted by atomic mass is 10.1. The summed E-state index contributed by atoms with van der Waals surface area (Å²) >= 11 is 0. The van der Waals surface area contributed by atoms with Gasteiger partial charge in [0, 0.05) is 5.39 Å². The zero-order valence-electron chi connectivity index (χ0n) is 12.4. The van der Waals surface area contributed by atoms with Gasteiger partial charge in [0.05, 0.1) is 13.2 Å². The van der Waals surface area contributed by atoms with Crippen LogP contribution in [0.15, 0.2) is 24.3 Å². The fraction of sp³-hybridized carbons (Fsp3) is 0.400. The zero-order valence-corrected chi connectivity index (χ0v) is 12.4. The van der Waals surface area contributed by atoms with E-state index in [2.05, 4.69) is 4.98 Å². The minimum absolute atomic E-state index is 0.00262. The Labute approximate surface area is 135 Å². The molecule has 9 heteroatoms. The molecule has 0 unspecified atom stereocenters. The number of aliphatic hydroxyl groups excluding tert-OH is 4. The van der Waals surface area contributed by atoms with Crippen molar-refractivity contribution in [2.24, 2.45) is 0 Å². The van der Waals surface area contributed by atoms with E-state index in [9.17, 15) is 25.2 Å². The Hall–Kier alpha value is -2.01. The third-order valence-electron chi connectivity index (χ3n) is 3.90. The largest absolute Gasteiger partial charge is 0.656 e. The van der Waals surface area contributed by atoms with Crippen molar-refractivity contribution in [3.05, 3.63) is 30.0 Å². The first kappa shape index (κ1) is 16.8. The molecular formula is C15H16NO8-. The second-order valence-corrected chi connectivity index (χ2v) is 5.46. The van der Waals surface area contributed by atoms with E-state index in [4.69, 9.17) is 14.6 Å². The maximum Gasteiger partial charge on any atom is 0.343 e. The SMILES string of the molecule is O=C(Oc1c(CO)[n-]c2ccccc12)[C@@H]1O[C@@](O)(CO)[C@H](O)[C@H]1O. The lowest BCUT2D eigenvalue weighted by Gasteiger charge is -2.22. The van der Waals surface area contributed by atoms with Crippen LogP contribution in [-0.2, 0) is 16.1 Å². The first-order valence-corrected chi connectivity index (χ1v) is 7.15. The van der Waals surface area contributed by atoms with Crippen LogP contribution in [-0.4, -0.2) is 62.2 Å². The molecule has 0 aliphatic carbocycles. The number of ether oxygens (including phenoxy) is 2. The third kappa shape index (κ3) is 2.57. The fourth-order valence-electron chi connectivity index (χ4n) is 2.60. The molecule has 1 saturated heterocycles. The van der Waals surface area contributed by atoms with Gasteiger partial charge >= 0.3 is 5.97 Å². The number of esters is 1. The zero-order chi connectivity index (χ0) is 17.5. The van der Waals surface area contributed by atoms with Crippen molar-refractivity contribution >= 4 is 16.9 Å². The predicted molar refractivity (Wildman–Crippen MR) is 77.7 cm³/mol. The molecule has 1 aromatic heterocycles. The number of benzene rings is 1. The molecular weight excluding hydrogens is 322 g/mol. The minimum atomic E-state index is -2.46. The lowest BCUT2D eigenvalue weighted by molar-refractivity contribution is -0.246. The summed E-state index contributed by atoms with van der Waals surface area (Å²) in [5.74, 6) is -3.56. The van der Waals surface area contributed by atoms with Crippen LogP contribution in [0.2, 0.25) is 0 Å². The number of nitrogens with zero attached hydrogens (tertiary/aromatic N) is 1. The van der Waals surface area contributed by atoms with Crippen LogP contribution in [0.4, 0.5) is 0 Å². The highest BCUT2D eigenvalue weighted by atomic mass is 16.7. The van der Waals surface area contributed by atoms with Gasteiger partial charge in [-0.2, -0.15) is 0 Å². The smallest absolute Gasteiger partial charge is 0.343 e. The molecule has 1 aliphatic heterocycles. The molecule has 0 spiro atoms. The van der Waals surface area contributed by atoms with Gasteiger partial charge in [-0.25, -0.2) is 4.79 Å². The summed E-state index contributed by atoms with van der Waals surface area (Å²) in [6.45, 7) is -1.49. The second-order valence-electron chi connectivity index (χ2n) is 5.46. The first-order chi connectivity index (χ1) is 11.4. The van der Waals surface area contributed by atoms with Gasteiger partial charge in [0.25, 0.3) is 0 Å². The molecule has 0 bridgehead atoms. The minimum Gasteiger partial charge on any atom is -0.656 e. The van der Waals surface area contributed by atoms with Crippen molar-refractivity contribution in [1.29, 1.82) is 0 Å². The van der Waals surface area contributed by atoms with Crippen LogP contribution in [0.1, 0.15) is 5.69 Å². The molecule has 0 amide bonds. The van der Waals surface area contributed by atoms with E-state index >= 15 is 0 Å². The summed E-state index contributed by atoms with van der Waals surface area (Å²) in [7, 11) is 0. The standard InChI is InChI=1S/C15H16NO8/c17-5-9-11(7-3-1-2-4-8(7)16-9)23-14(21)12-10(19)13(20)15(22,6-18)24-12/h1-4,10,12-13,17-20,22H,5-6H2/q-1/t10-,12+,13+,15-/m0/s1. The number of hydrogen-bond donors (Lipinski definition) is 5. The number of para-hydroxylation sites is 1. The number of rotatable bonds is 4. The van der Waals surface area contributed by atoms with Crippen LogP contribution in [0.25, 0.3) is 10.9 Å². The highest BCUT2D eigenvalue weighted by Crippen LogP contribution is 2.33. The molecule has 1 aromatic carbocycles. The topological polar surface area (TPSA) is 151 Å².